The molecule has 3 rings (SSSR count). The Bertz CT molecular complexity index is 589. The van der Waals surface area contributed by atoms with Crippen LogP contribution in [0.25, 0.3) is 0 Å². The quantitative estimate of drug-likeness (QED) is 0.861. The Kier molecular flexibility index (Phi) is 3.94. The predicted molar refractivity (Wildman–Crippen MR) is 86.9 cm³/mol. The molecule has 4 heteroatoms. The van der Waals surface area contributed by atoms with E-state index in [1.807, 2.05) is 43.0 Å². The van der Waals surface area contributed by atoms with Gasteiger partial charge in [0.15, 0.2) is 0 Å². The normalized spacial score (nSPS) is 20.2. The zero-order valence-electron chi connectivity index (χ0n) is 13.5. The number of rotatable bonds is 3. The van der Waals surface area contributed by atoms with Gasteiger partial charge in [0.1, 0.15) is 0 Å². The van der Waals surface area contributed by atoms with Crippen LogP contribution in [0.4, 0.5) is 5.69 Å². The number of para-hydroxylation sites is 1. The van der Waals surface area contributed by atoms with Gasteiger partial charge in [-0.1, -0.05) is 18.2 Å². The number of carbonyl (C=O) groups excluding carboxylic acids is 2. The lowest BCUT2D eigenvalue weighted by molar-refractivity contribution is -0.131. The van der Waals surface area contributed by atoms with E-state index in [1.54, 1.807) is 4.90 Å². The van der Waals surface area contributed by atoms with Crippen molar-refractivity contribution in [1.29, 1.82) is 0 Å². The molecule has 2 aliphatic rings. The highest BCUT2D eigenvalue weighted by Gasteiger charge is 2.43. The van der Waals surface area contributed by atoms with E-state index in [1.165, 1.54) is 6.42 Å². The summed E-state index contributed by atoms with van der Waals surface area (Å²) in [5, 5.41) is 0. The first-order valence-electron chi connectivity index (χ1n) is 8.21. The molecule has 0 aromatic heterocycles. The average Bonchev–Trinajstić information content (AvgIpc) is 2.74. The third kappa shape index (κ3) is 2.51. The largest absolute Gasteiger partial charge is 0.343 e. The maximum atomic E-state index is 12.7. The Balaban J connectivity index is 1.70. The summed E-state index contributed by atoms with van der Waals surface area (Å²) in [4.78, 5) is 28.7. The van der Waals surface area contributed by atoms with Crippen LogP contribution in [0.5, 0.6) is 0 Å². The van der Waals surface area contributed by atoms with Gasteiger partial charge in [-0.3, -0.25) is 9.59 Å². The van der Waals surface area contributed by atoms with Crippen LogP contribution in [-0.2, 0) is 15.0 Å². The molecule has 22 heavy (non-hydrogen) atoms. The molecule has 0 aliphatic carbocycles. The van der Waals surface area contributed by atoms with Gasteiger partial charge in [-0.25, -0.2) is 0 Å². The molecule has 0 atom stereocenters. The summed E-state index contributed by atoms with van der Waals surface area (Å²) < 4.78 is 0. The lowest BCUT2D eigenvalue weighted by Crippen LogP contribution is -2.40. The van der Waals surface area contributed by atoms with Gasteiger partial charge in [-0.2, -0.15) is 0 Å². The minimum Gasteiger partial charge on any atom is -0.343 e. The molecule has 1 aromatic carbocycles. The van der Waals surface area contributed by atoms with Crippen LogP contribution in [0.2, 0.25) is 0 Å². The predicted octanol–water partition coefficient (Wildman–Crippen LogP) is 2.71. The Morgan fingerprint density at radius 3 is 2.55 bits per heavy atom. The summed E-state index contributed by atoms with van der Waals surface area (Å²) in [5.41, 5.74) is 1.53. The highest BCUT2D eigenvalue weighted by Crippen LogP contribution is 2.41. The number of likely N-dealkylation sites (tertiary alicyclic amines) is 1. The van der Waals surface area contributed by atoms with Gasteiger partial charge in [0, 0.05) is 31.7 Å². The second kappa shape index (κ2) is 5.75. The number of amides is 2. The van der Waals surface area contributed by atoms with Crippen molar-refractivity contribution in [2.24, 2.45) is 0 Å². The van der Waals surface area contributed by atoms with E-state index in [9.17, 15) is 9.59 Å². The van der Waals surface area contributed by atoms with Gasteiger partial charge < -0.3 is 9.80 Å². The van der Waals surface area contributed by atoms with Gasteiger partial charge >= 0.3 is 0 Å². The molecule has 0 radical (unpaired) electrons. The summed E-state index contributed by atoms with van der Waals surface area (Å²) in [6.45, 7) is 6.14. The van der Waals surface area contributed by atoms with E-state index in [0.29, 0.717) is 13.0 Å². The second-order valence-electron chi connectivity index (χ2n) is 6.79. The summed E-state index contributed by atoms with van der Waals surface area (Å²) in [5.74, 6) is 0.273. The standard InChI is InChI=1S/C18H24N2O2/c1-18(2)14-8-4-5-9-15(14)20(17(18)22)13-10-16(21)19-11-6-3-7-12-19/h4-5,8-9H,3,6-7,10-13H2,1-2H3. The van der Waals surface area contributed by atoms with Crippen molar-refractivity contribution in [1.82, 2.24) is 4.90 Å². The summed E-state index contributed by atoms with van der Waals surface area (Å²) in [7, 11) is 0. The fraction of sp³-hybridized carbons (Fsp3) is 0.556. The SMILES string of the molecule is CC1(C)C(=O)N(CCC(=O)N2CCCCC2)c2ccccc21. The fourth-order valence-corrected chi connectivity index (χ4v) is 3.53. The van der Waals surface area contributed by atoms with Crippen LogP contribution >= 0.6 is 0 Å². The lowest BCUT2D eigenvalue weighted by atomic mass is 9.86. The second-order valence-corrected chi connectivity index (χ2v) is 6.79. The molecule has 1 saturated heterocycles. The Hall–Kier alpha value is -1.84. The first-order valence-corrected chi connectivity index (χ1v) is 8.21. The van der Waals surface area contributed by atoms with Gasteiger partial charge in [0.05, 0.1) is 5.41 Å². The number of nitrogens with zero attached hydrogens (tertiary/aromatic N) is 2. The van der Waals surface area contributed by atoms with Crippen molar-refractivity contribution in [2.75, 3.05) is 24.5 Å². The van der Waals surface area contributed by atoms with Crippen molar-refractivity contribution < 1.29 is 9.59 Å². The molecule has 2 amide bonds. The third-order valence-electron chi connectivity index (χ3n) is 4.91. The van der Waals surface area contributed by atoms with E-state index in [-0.39, 0.29) is 11.8 Å². The van der Waals surface area contributed by atoms with Crippen molar-refractivity contribution in [3.63, 3.8) is 0 Å². The molecule has 0 saturated carbocycles. The smallest absolute Gasteiger partial charge is 0.237 e. The van der Waals surface area contributed by atoms with Crippen LogP contribution < -0.4 is 4.90 Å². The molecule has 2 aliphatic heterocycles. The van der Waals surface area contributed by atoms with Crippen LogP contribution in [0.15, 0.2) is 24.3 Å². The molecule has 4 nitrogen and oxygen atoms in total. The zero-order valence-corrected chi connectivity index (χ0v) is 13.5. The number of carbonyl (C=O) groups is 2. The van der Waals surface area contributed by atoms with Crippen LogP contribution in [0, 0.1) is 0 Å². The van der Waals surface area contributed by atoms with E-state index in [4.69, 9.17) is 0 Å². The minimum atomic E-state index is -0.495. The van der Waals surface area contributed by atoms with E-state index in [2.05, 4.69) is 0 Å². The summed E-state index contributed by atoms with van der Waals surface area (Å²) in [6, 6.07) is 7.91. The van der Waals surface area contributed by atoms with Crippen LogP contribution in [0.3, 0.4) is 0 Å². The Morgan fingerprint density at radius 2 is 1.82 bits per heavy atom. The molecule has 0 spiro atoms. The average molecular weight is 300 g/mol. The Labute approximate surface area is 132 Å². The summed E-state index contributed by atoms with van der Waals surface area (Å²) >= 11 is 0. The van der Waals surface area contributed by atoms with Crippen LogP contribution in [-0.4, -0.2) is 36.3 Å². The summed E-state index contributed by atoms with van der Waals surface area (Å²) in [6.07, 6.45) is 3.83. The number of benzene rings is 1. The van der Waals surface area contributed by atoms with E-state index in [0.717, 1.165) is 37.2 Å². The van der Waals surface area contributed by atoms with Crippen molar-refractivity contribution in [3.8, 4) is 0 Å². The first-order chi connectivity index (χ1) is 10.5. The van der Waals surface area contributed by atoms with Crippen LogP contribution in [0.1, 0.15) is 45.1 Å². The fourth-order valence-electron chi connectivity index (χ4n) is 3.53. The van der Waals surface area contributed by atoms with Gasteiger partial charge in [-0.15, -0.1) is 0 Å². The third-order valence-corrected chi connectivity index (χ3v) is 4.91. The number of fused-ring (bicyclic) bond motifs is 1. The van der Waals surface area contributed by atoms with Gasteiger partial charge in [0.2, 0.25) is 11.8 Å². The highest BCUT2D eigenvalue weighted by atomic mass is 16.2. The highest BCUT2D eigenvalue weighted by molar-refractivity contribution is 6.07. The lowest BCUT2D eigenvalue weighted by Gasteiger charge is -2.28. The molecule has 118 valence electrons. The zero-order chi connectivity index (χ0) is 15.7. The molecule has 0 bridgehead atoms. The van der Waals surface area contributed by atoms with E-state index < -0.39 is 5.41 Å². The number of hydrogen-bond acceptors (Lipinski definition) is 2. The number of hydrogen-bond donors (Lipinski definition) is 0. The number of anilines is 1. The van der Waals surface area contributed by atoms with Crippen molar-refractivity contribution in [2.45, 2.75) is 44.9 Å². The van der Waals surface area contributed by atoms with Crippen molar-refractivity contribution >= 4 is 17.5 Å². The van der Waals surface area contributed by atoms with E-state index >= 15 is 0 Å². The molecular formula is C18H24N2O2. The van der Waals surface area contributed by atoms with Crippen molar-refractivity contribution in [3.05, 3.63) is 29.8 Å². The molecule has 1 fully saturated rings. The molecule has 0 unspecified atom stereocenters. The number of piperidine rings is 1. The van der Waals surface area contributed by atoms with Gasteiger partial charge in [0.25, 0.3) is 0 Å². The Morgan fingerprint density at radius 1 is 1.14 bits per heavy atom. The monoisotopic (exact) mass is 300 g/mol. The minimum absolute atomic E-state index is 0.0974. The maximum absolute atomic E-state index is 12.7. The molecular weight excluding hydrogens is 276 g/mol. The molecule has 0 N–H and O–H groups in total. The molecule has 2 heterocycles. The van der Waals surface area contributed by atoms with Gasteiger partial charge in [-0.05, 0) is 44.7 Å². The molecule has 1 aromatic rings. The first kappa shape index (κ1) is 15.1. The topological polar surface area (TPSA) is 40.6 Å². The maximum Gasteiger partial charge on any atom is 0.237 e.